The summed E-state index contributed by atoms with van der Waals surface area (Å²) in [4.78, 5) is 30.5. The minimum Gasteiger partial charge on any atom is -0.496 e. The van der Waals surface area contributed by atoms with Gasteiger partial charge in [-0.2, -0.15) is 5.10 Å². The Morgan fingerprint density at radius 1 is 0.950 bits per heavy atom. The Morgan fingerprint density at radius 2 is 1.65 bits per heavy atom. The molecule has 1 atom stereocenters. The lowest BCUT2D eigenvalue weighted by molar-refractivity contribution is -0.132. The molecule has 0 bridgehead atoms. The molecule has 0 saturated heterocycles. The number of amides is 1. The van der Waals surface area contributed by atoms with Crippen molar-refractivity contribution in [3.8, 4) is 16.9 Å². The van der Waals surface area contributed by atoms with Crippen LogP contribution in [0.1, 0.15) is 29.2 Å². The Bertz CT molecular complexity index is 1800. The van der Waals surface area contributed by atoms with Gasteiger partial charge in [0.2, 0.25) is 5.91 Å². The second-order valence-electron chi connectivity index (χ2n) is 9.67. The van der Waals surface area contributed by atoms with Gasteiger partial charge in [-0.25, -0.2) is 5.01 Å². The number of para-hydroxylation sites is 1. The number of benzene rings is 4. The van der Waals surface area contributed by atoms with Gasteiger partial charge >= 0.3 is 0 Å². The minimum absolute atomic E-state index is 0.168. The number of fused-ring (bicyclic) bond motifs is 1. The largest absolute Gasteiger partial charge is 0.496 e. The van der Waals surface area contributed by atoms with Crippen molar-refractivity contribution in [3.05, 3.63) is 135 Å². The first-order valence-electron chi connectivity index (χ1n) is 13.0. The maximum absolute atomic E-state index is 13.7. The number of hydrazone groups is 1. The van der Waals surface area contributed by atoms with Crippen molar-refractivity contribution in [1.29, 1.82) is 0 Å². The molecule has 198 valence electrons. The van der Waals surface area contributed by atoms with E-state index in [0.717, 1.165) is 27.6 Å². The number of ether oxygens (including phenoxy) is 1. The normalized spacial score (nSPS) is 14.8. The van der Waals surface area contributed by atoms with Crippen molar-refractivity contribution in [1.82, 2.24) is 9.99 Å². The Labute approximate surface area is 236 Å². The number of aromatic amines is 1. The standard InChI is InChI=1S/C33H26ClN3O3/c1-40-29-15-9-8-14-24(29)28-20-27(36-37(28)30(38)18-21-10-4-2-5-11-21)32-31(22-12-6-3-7-13-22)25-19-23(34)16-17-26(25)35-33(32)39/h2-17,19,28H,18,20H2,1H3,(H,35,39). The van der Waals surface area contributed by atoms with E-state index in [2.05, 4.69) is 4.98 Å². The molecule has 0 saturated carbocycles. The van der Waals surface area contributed by atoms with Crippen LogP contribution in [0.3, 0.4) is 0 Å². The van der Waals surface area contributed by atoms with Crippen LogP contribution in [0.2, 0.25) is 5.02 Å². The summed E-state index contributed by atoms with van der Waals surface area (Å²) in [7, 11) is 1.61. The van der Waals surface area contributed by atoms with Crippen molar-refractivity contribution < 1.29 is 9.53 Å². The fourth-order valence-corrected chi connectivity index (χ4v) is 5.54. The molecule has 0 aliphatic carbocycles. The summed E-state index contributed by atoms with van der Waals surface area (Å²) < 4.78 is 5.66. The van der Waals surface area contributed by atoms with Crippen LogP contribution < -0.4 is 10.3 Å². The number of nitrogens with zero attached hydrogens (tertiary/aromatic N) is 2. The first-order chi connectivity index (χ1) is 19.5. The summed E-state index contributed by atoms with van der Waals surface area (Å²) in [5, 5.41) is 7.73. The Morgan fingerprint density at radius 3 is 2.40 bits per heavy atom. The van der Waals surface area contributed by atoms with Crippen molar-refractivity contribution in [3.63, 3.8) is 0 Å². The number of halogens is 1. The summed E-state index contributed by atoms with van der Waals surface area (Å²) in [6, 6.07) is 31.9. The molecular formula is C33H26ClN3O3. The molecule has 4 aromatic carbocycles. The maximum Gasteiger partial charge on any atom is 0.258 e. The Hall–Kier alpha value is -4.68. The van der Waals surface area contributed by atoms with Crippen LogP contribution in [0.15, 0.2) is 113 Å². The van der Waals surface area contributed by atoms with Crippen molar-refractivity contribution >= 4 is 34.1 Å². The third-order valence-corrected chi connectivity index (χ3v) is 7.42. The zero-order chi connectivity index (χ0) is 27.6. The van der Waals surface area contributed by atoms with E-state index in [1.807, 2.05) is 91.0 Å². The fraction of sp³-hybridized carbons (Fsp3) is 0.121. The third kappa shape index (κ3) is 4.78. The van der Waals surface area contributed by atoms with Gasteiger partial charge in [0, 0.05) is 33.5 Å². The molecule has 6 nitrogen and oxygen atoms in total. The second-order valence-corrected chi connectivity index (χ2v) is 10.1. The van der Waals surface area contributed by atoms with E-state index in [4.69, 9.17) is 21.4 Å². The molecule has 1 aromatic heterocycles. The number of rotatable bonds is 6. The van der Waals surface area contributed by atoms with Crippen LogP contribution in [0.25, 0.3) is 22.0 Å². The lowest BCUT2D eigenvalue weighted by Crippen LogP contribution is -2.28. The summed E-state index contributed by atoms with van der Waals surface area (Å²) in [5.41, 5.74) is 4.66. The number of nitrogens with one attached hydrogen (secondary N) is 1. The van der Waals surface area contributed by atoms with Crippen LogP contribution in [0.4, 0.5) is 0 Å². The van der Waals surface area contributed by atoms with E-state index in [1.165, 1.54) is 5.01 Å². The highest BCUT2D eigenvalue weighted by Gasteiger charge is 2.36. The molecule has 7 heteroatoms. The Kier molecular flexibility index (Phi) is 6.93. The van der Waals surface area contributed by atoms with E-state index in [0.29, 0.717) is 34.0 Å². The van der Waals surface area contributed by atoms with Crippen LogP contribution in [0, 0.1) is 0 Å². The van der Waals surface area contributed by atoms with Gasteiger partial charge in [0.25, 0.3) is 5.56 Å². The molecule has 5 aromatic rings. The van der Waals surface area contributed by atoms with Crippen molar-refractivity contribution in [2.24, 2.45) is 5.10 Å². The molecule has 1 N–H and O–H groups in total. The molecule has 2 heterocycles. The van der Waals surface area contributed by atoms with Gasteiger partial charge in [-0.1, -0.05) is 90.5 Å². The zero-order valence-electron chi connectivity index (χ0n) is 21.8. The van der Waals surface area contributed by atoms with Gasteiger partial charge < -0.3 is 9.72 Å². The van der Waals surface area contributed by atoms with E-state index in [1.54, 1.807) is 19.2 Å². The number of carbonyl (C=O) groups excluding carboxylic acids is 1. The van der Waals surface area contributed by atoms with Crippen LogP contribution in [-0.2, 0) is 11.2 Å². The maximum atomic E-state index is 13.7. The first-order valence-corrected chi connectivity index (χ1v) is 13.4. The number of hydrogen-bond donors (Lipinski definition) is 1. The SMILES string of the molecule is COc1ccccc1C1CC(c2c(-c3ccccc3)c3cc(Cl)ccc3[nH]c2=O)=NN1C(=O)Cc1ccccc1. The number of hydrogen-bond acceptors (Lipinski definition) is 4. The number of H-pyrrole nitrogens is 1. The van der Waals surface area contributed by atoms with Gasteiger partial charge in [0.15, 0.2) is 0 Å². The van der Waals surface area contributed by atoms with E-state index in [9.17, 15) is 9.59 Å². The quantitative estimate of drug-likeness (QED) is 0.255. The second kappa shape index (κ2) is 10.8. The summed E-state index contributed by atoms with van der Waals surface area (Å²) in [6.07, 6.45) is 0.522. The zero-order valence-corrected chi connectivity index (χ0v) is 22.6. The van der Waals surface area contributed by atoms with Crippen LogP contribution in [0.5, 0.6) is 5.75 Å². The van der Waals surface area contributed by atoms with Gasteiger partial charge in [-0.3, -0.25) is 9.59 Å². The number of methoxy groups -OCH3 is 1. The highest BCUT2D eigenvalue weighted by molar-refractivity contribution is 6.31. The third-order valence-electron chi connectivity index (χ3n) is 7.19. The van der Waals surface area contributed by atoms with Crippen LogP contribution in [-0.4, -0.2) is 28.7 Å². The number of pyridine rings is 1. The highest BCUT2D eigenvalue weighted by Crippen LogP contribution is 2.40. The summed E-state index contributed by atoms with van der Waals surface area (Å²) in [5.74, 6) is 0.488. The average Bonchev–Trinajstić information content (AvgIpc) is 3.42. The first kappa shape index (κ1) is 25.6. The Balaban J connectivity index is 1.54. The predicted molar refractivity (Wildman–Crippen MR) is 159 cm³/mol. The van der Waals surface area contributed by atoms with E-state index < -0.39 is 6.04 Å². The number of carbonyl (C=O) groups is 1. The summed E-state index contributed by atoms with van der Waals surface area (Å²) in [6.45, 7) is 0. The number of aromatic nitrogens is 1. The molecule has 0 radical (unpaired) electrons. The molecule has 6 rings (SSSR count). The minimum atomic E-state index is -0.444. The molecule has 40 heavy (non-hydrogen) atoms. The van der Waals surface area contributed by atoms with Gasteiger partial charge in [0.05, 0.1) is 30.8 Å². The van der Waals surface area contributed by atoms with Crippen LogP contribution >= 0.6 is 11.6 Å². The molecule has 1 amide bonds. The van der Waals surface area contributed by atoms with Gasteiger partial charge in [-0.05, 0) is 35.4 Å². The van der Waals surface area contributed by atoms with Crippen molar-refractivity contribution in [2.45, 2.75) is 18.9 Å². The molecule has 1 aliphatic heterocycles. The lowest BCUT2D eigenvalue weighted by Gasteiger charge is -2.23. The average molecular weight is 548 g/mol. The smallest absolute Gasteiger partial charge is 0.258 e. The molecule has 0 spiro atoms. The topological polar surface area (TPSA) is 74.8 Å². The van der Waals surface area contributed by atoms with Gasteiger partial charge in [0.1, 0.15) is 5.75 Å². The lowest BCUT2D eigenvalue weighted by atomic mass is 9.91. The molecular weight excluding hydrogens is 522 g/mol. The van der Waals surface area contributed by atoms with Gasteiger partial charge in [-0.15, -0.1) is 0 Å². The van der Waals surface area contributed by atoms with Crippen molar-refractivity contribution in [2.75, 3.05) is 7.11 Å². The molecule has 0 fully saturated rings. The highest BCUT2D eigenvalue weighted by atomic mass is 35.5. The molecule has 1 unspecified atom stereocenters. The molecule has 1 aliphatic rings. The fourth-order valence-electron chi connectivity index (χ4n) is 5.37. The summed E-state index contributed by atoms with van der Waals surface area (Å²) >= 11 is 6.42. The predicted octanol–water partition coefficient (Wildman–Crippen LogP) is 6.78. The monoisotopic (exact) mass is 547 g/mol. The van der Waals surface area contributed by atoms with E-state index in [-0.39, 0.29) is 17.9 Å². The van der Waals surface area contributed by atoms with E-state index >= 15 is 0 Å².